The molecule has 2 amide bonds. The predicted octanol–water partition coefficient (Wildman–Crippen LogP) is 1.10. The molecule has 0 aliphatic heterocycles. The average Bonchev–Trinajstić information content (AvgIpc) is 3.14. The number of sulfonamides is 1. The molecule has 0 aliphatic rings. The molecular formula is C18H25N5O4S. The third kappa shape index (κ3) is 6.46. The van der Waals surface area contributed by atoms with Gasteiger partial charge < -0.3 is 10.6 Å². The number of carbonyl (C=O) groups is 2. The fourth-order valence-corrected chi connectivity index (χ4v) is 3.54. The van der Waals surface area contributed by atoms with Gasteiger partial charge in [0, 0.05) is 30.7 Å². The molecule has 28 heavy (non-hydrogen) atoms. The lowest BCUT2D eigenvalue weighted by molar-refractivity contribution is -0.136. The number of unbranched alkanes of at least 4 members (excludes halogenated alkanes) is 1. The Labute approximate surface area is 164 Å². The summed E-state index contributed by atoms with van der Waals surface area (Å²) >= 11 is 0. The third-order valence-corrected chi connectivity index (χ3v) is 5.29. The number of amides is 2. The van der Waals surface area contributed by atoms with Gasteiger partial charge in [0.05, 0.1) is 11.4 Å². The highest BCUT2D eigenvalue weighted by atomic mass is 32.2. The largest absolute Gasteiger partial charge is 0.344 e. The van der Waals surface area contributed by atoms with Crippen molar-refractivity contribution in [1.29, 1.82) is 0 Å². The van der Waals surface area contributed by atoms with E-state index in [9.17, 15) is 18.0 Å². The average molecular weight is 407 g/mol. The van der Waals surface area contributed by atoms with Crippen LogP contribution in [0.25, 0.3) is 0 Å². The molecule has 0 saturated heterocycles. The molecule has 152 valence electrons. The number of nitrogens with one attached hydrogen (secondary N) is 3. The van der Waals surface area contributed by atoms with Crippen LogP contribution < -0.4 is 15.4 Å². The van der Waals surface area contributed by atoms with Gasteiger partial charge in [-0.05, 0) is 37.6 Å². The second-order valence-corrected chi connectivity index (χ2v) is 8.10. The first-order valence-corrected chi connectivity index (χ1v) is 10.5. The van der Waals surface area contributed by atoms with Crippen LogP contribution in [0.3, 0.4) is 0 Å². The molecule has 10 heteroatoms. The van der Waals surface area contributed by atoms with Crippen LogP contribution in [-0.2, 0) is 26.2 Å². The van der Waals surface area contributed by atoms with Crippen LogP contribution in [0, 0.1) is 0 Å². The maximum absolute atomic E-state index is 12.3. The Bertz CT molecular complexity index is 896. The van der Waals surface area contributed by atoms with E-state index in [2.05, 4.69) is 20.5 Å². The first-order chi connectivity index (χ1) is 13.3. The summed E-state index contributed by atoms with van der Waals surface area (Å²) in [6.45, 7) is 4.47. The van der Waals surface area contributed by atoms with E-state index < -0.39 is 21.8 Å². The van der Waals surface area contributed by atoms with Gasteiger partial charge in [0.1, 0.15) is 0 Å². The molecule has 0 spiro atoms. The maximum atomic E-state index is 12.3. The Kier molecular flexibility index (Phi) is 7.70. The van der Waals surface area contributed by atoms with Crippen LogP contribution in [0.2, 0.25) is 0 Å². The van der Waals surface area contributed by atoms with Crippen molar-refractivity contribution >= 4 is 27.5 Å². The molecule has 2 aromatic rings. The Hall–Kier alpha value is -2.72. The molecule has 0 bridgehead atoms. The summed E-state index contributed by atoms with van der Waals surface area (Å²) in [4.78, 5) is 24.2. The quantitative estimate of drug-likeness (QED) is 0.424. The molecule has 0 saturated carbocycles. The molecule has 1 unspecified atom stereocenters. The fourth-order valence-electron chi connectivity index (χ4n) is 2.42. The summed E-state index contributed by atoms with van der Waals surface area (Å²) in [5.41, 5.74) is 0.221. The highest BCUT2D eigenvalue weighted by Crippen LogP contribution is 2.15. The Morgan fingerprint density at radius 2 is 2.00 bits per heavy atom. The number of hydrogen-bond donors (Lipinski definition) is 3. The molecule has 1 atom stereocenters. The minimum atomic E-state index is -3.67. The molecule has 0 radical (unpaired) electrons. The minimum Gasteiger partial charge on any atom is -0.344 e. The van der Waals surface area contributed by atoms with Crippen molar-refractivity contribution in [3.8, 4) is 0 Å². The van der Waals surface area contributed by atoms with Crippen LogP contribution in [0.1, 0.15) is 26.7 Å². The maximum Gasteiger partial charge on any atom is 0.313 e. The summed E-state index contributed by atoms with van der Waals surface area (Å²) in [6.07, 6.45) is 4.97. The van der Waals surface area contributed by atoms with Crippen LogP contribution in [0.4, 0.5) is 5.69 Å². The molecule has 0 aliphatic carbocycles. The molecule has 1 aromatic carbocycles. The second-order valence-electron chi connectivity index (χ2n) is 6.34. The molecule has 1 heterocycles. The van der Waals surface area contributed by atoms with Crippen LogP contribution >= 0.6 is 0 Å². The van der Waals surface area contributed by atoms with Gasteiger partial charge in [-0.2, -0.15) is 5.10 Å². The molecular weight excluding hydrogens is 382 g/mol. The Morgan fingerprint density at radius 1 is 1.21 bits per heavy atom. The van der Waals surface area contributed by atoms with E-state index in [1.807, 2.05) is 6.92 Å². The highest BCUT2D eigenvalue weighted by molar-refractivity contribution is 7.89. The van der Waals surface area contributed by atoms with Crippen LogP contribution in [0.5, 0.6) is 0 Å². The van der Waals surface area contributed by atoms with Gasteiger partial charge in [-0.1, -0.05) is 19.4 Å². The number of rotatable bonds is 9. The van der Waals surface area contributed by atoms with E-state index in [0.717, 1.165) is 12.8 Å². The lowest BCUT2D eigenvalue weighted by Crippen LogP contribution is -2.42. The van der Waals surface area contributed by atoms with Gasteiger partial charge in [0.25, 0.3) is 0 Å². The first-order valence-electron chi connectivity index (χ1n) is 9.01. The van der Waals surface area contributed by atoms with Gasteiger partial charge >= 0.3 is 11.8 Å². The molecule has 0 fully saturated rings. The van der Waals surface area contributed by atoms with E-state index in [4.69, 9.17) is 0 Å². The van der Waals surface area contributed by atoms with Gasteiger partial charge in [-0.25, -0.2) is 13.1 Å². The number of carbonyl (C=O) groups excluding carboxylic acids is 2. The highest BCUT2D eigenvalue weighted by Gasteiger charge is 2.18. The number of nitrogens with zero attached hydrogens (tertiary/aromatic N) is 2. The standard InChI is InChI=1S/C18H25N5O4S/c1-3-4-10-20-28(26,27)16-8-5-7-15(12-16)22-18(25)17(24)21-14(2)13-23-11-6-9-19-23/h5-9,11-12,14,20H,3-4,10,13H2,1-2H3,(H,21,24)(H,22,25). The number of aromatic nitrogens is 2. The normalized spacial score (nSPS) is 12.4. The molecule has 1 aromatic heterocycles. The monoisotopic (exact) mass is 407 g/mol. The van der Waals surface area contributed by atoms with Crippen molar-refractivity contribution in [2.75, 3.05) is 11.9 Å². The van der Waals surface area contributed by atoms with Gasteiger partial charge in [-0.15, -0.1) is 0 Å². The summed E-state index contributed by atoms with van der Waals surface area (Å²) in [6, 6.07) is 7.21. The summed E-state index contributed by atoms with van der Waals surface area (Å²) in [5.74, 6) is -1.69. The zero-order valence-corrected chi connectivity index (χ0v) is 16.7. The number of benzene rings is 1. The topological polar surface area (TPSA) is 122 Å². The lowest BCUT2D eigenvalue weighted by Gasteiger charge is -2.14. The van der Waals surface area contributed by atoms with Crippen molar-refractivity contribution in [2.24, 2.45) is 0 Å². The molecule has 9 nitrogen and oxygen atoms in total. The fraction of sp³-hybridized carbons (Fsp3) is 0.389. The second kappa shape index (κ2) is 10.00. The van der Waals surface area contributed by atoms with Gasteiger partial charge in [0.15, 0.2) is 0 Å². The van der Waals surface area contributed by atoms with Crippen molar-refractivity contribution in [3.05, 3.63) is 42.7 Å². The number of hydrogen-bond acceptors (Lipinski definition) is 5. The van der Waals surface area contributed by atoms with Crippen molar-refractivity contribution in [3.63, 3.8) is 0 Å². The summed E-state index contributed by atoms with van der Waals surface area (Å²) in [7, 11) is -3.67. The van der Waals surface area contributed by atoms with Crippen molar-refractivity contribution in [1.82, 2.24) is 19.8 Å². The van der Waals surface area contributed by atoms with Crippen LogP contribution in [-0.4, -0.2) is 42.6 Å². The van der Waals surface area contributed by atoms with E-state index in [1.165, 1.54) is 24.3 Å². The SMILES string of the molecule is CCCCNS(=O)(=O)c1cccc(NC(=O)C(=O)NC(C)Cn2cccn2)c1. The van der Waals surface area contributed by atoms with E-state index in [-0.39, 0.29) is 16.6 Å². The van der Waals surface area contributed by atoms with E-state index in [0.29, 0.717) is 13.1 Å². The van der Waals surface area contributed by atoms with Crippen molar-refractivity contribution < 1.29 is 18.0 Å². The third-order valence-electron chi connectivity index (χ3n) is 3.83. The van der Waals surface area contributed by atoms with E-state index >= 15 is 0 Å². The lowest BCUT2D eigenvalue weighted by atomic mass is 10.3. The summed E-state index contributed by atoms with van der Waals surface area (Å²) < 4.78 is 28.7. The van der Waals surface area contributed by atoms with E-state index in [1.54, 1.807) is 30.1 Å². The first kappa shape index (κ1) is 21.6. The Balaban J connectivity index is 1.95. The van der Waals surface area contributed by atoms with Gasteiger partial charge in [-0.3, -0.25) is 14.3 Å². The molecule has 2 rings (SSSR count). The zero-order chi connectivity index (χ0) is 20.6. The zero-order valence-electron chi connectivity index (χ0n) is 15.9. The predicted molar refractivity (Wildman–Crippen MR) is 105 cm³/mol. The summed E-state index contributed by atoms with van der Waals surface area (Å²) in [5, 5.41) is 9.03. The smallest absolute Gasteiger partial charge is 0.313 e. The molecule has 3 N–H and O–H groups in total. The van der Waals surface area contributed by atoms with Crippen molar-refractivity contribution in [2.45, 2.75) is 44.2 Å². The van der Waals surface area contributed by atoms with Gasteiger partial charge in [0.2, 0.25) is 10.0 Å². The number of anilines is 1. The Morgan fingerprint density at radius 3 is 2.68 bits per heavy atom. The minimum absolute atomic E-state index is 0.0221. The van der Waals surface area contributed by atoms with Crippen LogP contribution in [0.15, 0.2) is 47.6 Å².